The standard InChI is InChI=1S/C15H23Cl2NS/c1-3-15(18-9-5-4-6-10-19-2)13-8-7-12(16)11-14(13)17/h7-8,11,15,18H,3-6,9-10H2,1-2H3. The van der Waals surface area contributed by atoms with Gasteiger partial charge in [0.1, 0.15) is 0 Å². The number of rotatable bonds is 9. The third-order valence-electron chi connectivity index (χ3n) is 3.16. The molecule has 0 saturated carbocycles. The average Bonchev–Trinajstić information content (AvgIpc) is 2.39. The van der Waals surface area contributed by atoms with E-state index in [-0.39, 0.29) is 0 Å². The monoisotopic (exact) mass is 319 g/mol. The van der Waals surface area contributed by atoms with Crippen molar-refractivity contribution < 1.29 is 0 Å². The number of hydrogen-bond donors (Lipinski definition) is 1. The van der Waals surface area contributed by atoms with Gasteiger partial charge in [0.2, 0.25) is 0 Å². The third kappa shape index (κ3) is 6.40. The second-order valence-electron chi connectivity index (χ2n) is 4.63. The maximum Gasteiger partial charge on any atom is 0.0468 e. The molecule has 0 aliphatic rings. The van der Waals surface area contributed by atoms with Gasteiger partial charge in [-0.3, -0.25) is 0 Å². The molecule has 1 atom stereocenters. The van der Waals surface area contributed by atoms with Crippen LogP contribution < -0.4 is 5.32 Å². The number of halogens is 2. The molecular weight excluding hydrogens is 297 g/mol. The highest BCUT2D eigenvalue weighted by molar-refractivity contribution is 7.98. The lowest BCUT2D eigenvalue weighted by molar-refractivity contribution is 0.502. The summed E-state index contributed by atoms with van der Waals surface area (Å²) < 4.78 is 0. The minimum absolute atomic E-state index is 0.324. The van der Waals surface area contributed by atoms with Crippen LogP contribution in [0.5, 0.6) is 0 Å². The maximum absolute atomic E-state index is 6.26. The molecule has 0 heterocycles. The number of unbranched alkanes of at least 4 members (excludes halogenated alkanes) is 2. The van der Waals surface area contributed by atoms with Crippen LogP contribution in [0.3, 0.4) is 0 Å². The topological polar surface area (TPSA) is 12.0 Å². The Balaban J connectivity index is 2.40. The first-order valence-corrected chi connectivity index (χ1v) is 9.01. The van der Waals surface area contributed by atoms with Crippen molar-refractivity contribution in [3.63, 3.8) is 0 Å². The van der Waals surface area contributed by atoms with E-state index in [0.717, 1.165) is 23.6 Å². The summed E-state index contributed by atoms with van der Waals surface area (Å²) in [7, 11) is 0. The molecule has 1 N–H and O–H groups in total. The van der Waals surface area contributed by atoms with Crippen LogP contribution >= 0.6 is 35.0 Å². The normalized spacial score (nSPS) is 12.6. The van der Waals surface area contributed by atoms with Gasteiger partial charge in [0.05, 0.1) is 0 Å². The lowest BCUT2D eigenvalue weighted by atomic mass is 10.0. The second kappa shape index (κ2) is 9.93. The molecular formula is C15H23Cl2NS. The largest absolute Gasteiger partial charge is 0.310 e. The predicted molar refractivity (Wildman–Crippen MR) is 89.7 cm³/mol. The van der Waals surface area contributed by atoms with E-state index in [1.807, 2.05) is 30.0 Å². The molecule has 0 spiro atoms. The molecule has 1 aromatic rings. The highest BCUT2D eigenvalue weighted by atomic mass is 35.5. The second-order valence-corrected chi connectivity index (χ2v) is 6.46. The van der Waals surface area contributed by atoms with Gasteiger partial charge in [-0.15, -0.1) is 0 Å². The smallest absolute Gasteiger partial charge is 0.0468 e. The molecule has 108 valence electrons. The fourth-order valence-electron chi connectivity index (χ4n) is 2.08. The first-order chi connectivity index (χ1) is 9.19. The van der Waals surface area contributed by atoms with Crippen molar-refractivity contribution >= 4 is 35.0 Å². The Morgan fingerprint density at radius 3 is 2.63 bits per heavy atom. The molecule has 0 aliphatic heterocycles. The van der Waals surface area contributed by atoms with Gasteiger partial charge in [0, 0.05) is 16.1 Å². The first-order valence-electron chi connectivity index (χ1n) is 6.86. The van der Waals surface area contributed by atoms with E-state index < -0.39 is 0 Å². The van der Waals surface area contributed by atoms with Crippen molar-refractivity contribution in [2.45, 2.75) is 38.6 Å². The first kappa shape index (κ1) is 17.2. The maximum atomic E-state index is 6.26. The highest BCUT2D eigenvalue weighted by Gasteiger charge is 2.12. The average molecular weight is 320 g/mol. The van der Waals surface area contributed by atoms with Crippen LogP contribution in [0, 0.1) is 0 Å². The van der Waals surface area contributed by atoms with Crippen molar-refractivity contribution in [1.29, 1.82) is 0 Å². The molecule has 1 aromatic carbocycles. The van der Waals surface area contributed by atoms with E-state index in [4.69, 9.17) is 23.2 Å². The summed E-state index contributed by atoms with van der Waals surface area (Å²) in [6.07, 6.45) is 7.02. The summed E-state index contributed by atoms with van der Waals surface area (Å²) in [5.41, 5.74) is 1.15. The lowest BCUT2D eigenvalue weighted by Crippen LogP contribution is -2.22. The summed E-state index contributed by atoms with van der Waals surface area (Å²) in [4.78, 5) is 0. The Kier molecular flexibility index (Phi) is 8.97. The third-order valence-corrected chi connectivity index (χ3v) is 4.42. The van der Waals surface area contributed by atoms with Crippen LogP contribution in [0.2, 0.25) is 10.0 Å². The van der Waals surface area contributed by atoms with Crippen LogP contribution in [-0.2, 0) is 0 Å². The van der Waals surface area contributed by atoms with Gasteiger partial charge in [-0.05, 0) is 55.5 Å². The molecule has 4 heteroatoms. The van der Waals surface area contributed by atoms with Gasteiger partial charge < -0.3 is 5.32 Å². The molecule has 1 unspecified atom stereocenters. The Bertz CT molecular complexity index is 371. The molecule has 0 bridgehead atoms. The van der Waals surface area contributed by atoms with Gasteiger partial charge in [0.25, 0.3) is 0 Å². The Morgan fingerprint density at radius 2 is 2.00 bits per heavy atom. The summed E-state index contributed by atoms with van der Waals surface area (Å²) in [6.45, 7) is 3.22. The zero-order valence-electron chi connectivity index (χ0n) is 11.7. The van der Waals surface area contributed by atoms with Gasteiger partial charge in [-0.25, -0.2) is 0 Å². The van der Waals surface area contributed by atoms with Crippen molar-refractivity contribution in [1.82, 2.24) is 5.32 Å². The zero-order valence-corrected chi connectivity index (χ0v) is 14.0. The molecule has 19 heavy (non-hydrogen) atoms. The van der Waals surface area contributed by atoms with E-state index in [2.05, 4.69) is 18.5 Å². The summed E-state index contributed by atoms with van der Waals surface area (Å²) in [5.74, 6) is 1.26. The van der Waals surface area contributed by atoms with Crippen molar-refractivity contribution in [3.05, 3.63) is 33.8 Å². The molecule has 0 aromatic heterocycles. The fraction of sp³-hybridized carbons (Fsp3) is 0.600. The molecule has 0 amide bonds. The van der Waals surface area contributed by atoms with Crippen molar-refractivity contribution in [3.8, 4) is 0 Å². The summed E-state index contributed by atoms with van der Waals surface area (Å²) in [5, 5.41) is 5.04. The number of benzene rings is 1. The Hall–Kier alpha value is 0.110. The zero-order chi connectivity index (χ0) is 14.1. The van der Waals surface area contributed by atoms with E-state index in [9.17, 15) is 0 Å². The Labute approximate surface area is 131 Å². The molecule has 0 saturated heterocycles. The quantitative estimate of drug-likeness (QED) is 0.597. The summed E-state index contributed by atoms with van der Waals surface area (Å²) in [6, 6.07) is 6.08. The SMILES string of the molecule is CCC(NCCCCCSC)c1ccc(Cl)cc1Cl. The van der Waals surface area contributed by atoms with Gasteiger partial charge >= 0.3 is 0 Å². The van der Waals surface area contributed by atoms with Crippen molar-refractivity contribution in [2.75, 3.05) is 18.6 Å². The molecule has 0 fully saturated rings. The lowest BCUT2D eigenvalue weighted by Gasteiger charge is -2.19. The van der Waals surface area contributed by atoms with Crippen LogP contribution in [0.25, 0.3) is 0 Å². The highest BCUT2D eigenvalue weighted by Crippen LogP contribution is 2.27. The van der Waals surface area contributed by atoms with E-state index in [0.29, 0.717) is 11.1 Å². The van der Waals surface area contributed by atoms with Crippen LogP contribution in [0.15, 0.2) is 18.2 Å². The van der Waals surface area contributed by atoms with Crippen molar-refractivity contribution in [2.24, 2.45) is 0 Å². The molecule has 0 aliphatic carbocycles. The number of hydrogen-bond acceptors (Lipinski definition) is 2. The number of nitrogens with one attached hydrogen (secondary N) is 1. The molecule has 1 rings (SSSR count). The van der Waals surface area contributed by atoms with Gasteiger partial charge in [0.15, 0.2) is 0 Å². The summed E-state index contributed by atoms with van der Waals surface area (Å²) >= 11 is 14.1. The predicted octanol–water partition coefficient (Wildman–Crippen LogP) is 5.57. The van der Waals surface area contributed by atoms with Gasteiger partial charge in [-0.2, -0.15) is 11.8 Å². The minimum Gasteiger partial charge on any atom is -0.310 e. The van der Waals surface area contributed by atoms with Crippen LogP contribution in [-0.4, -0.2) is 18.6 Å². The van der Waals surface area contributed by atoms with Crippen LogP contribution in [0.1, 0.15) is 44.2 Å². The van der Waals surface area contributed by atoms with Crippen LogP contribution in [0.4, 0.5) is 0 Å². The minimum atomic E-state index is 0.324. The number of thioether (sulfide) groups is 1. The van der Waals surface area contributed by atoms with E-state index in [1.165, 1.54) is 25.0 Å². The van der Waals surface area contributed by atoms with E-state index in [1.54, 1.807) is 0 Å². The molecule has 0 radical (unpaired) electrons. The fourth-order valence-corrected chi connectivity index (χ4v) is 3.12. The van der Waals surface area contributed by atoms with Gasteiger partial charge in [-0.1, -0.05) is 42.6 Å². The molecule has 1 nitrogen and oxygen atoms in total. The van der Waals surface area contributed by atoms with E-state index >= 15 is 0 Å². The Morgan fingerprint density at radius 1 is 1.21 bits per heavy atom.